The average molecular weight is 265 g/mol. The second-order valence-corrected chi connectivity index (χ2v) is 4.07. The van der Waals surface area contributed by atoms with Crippen molar-refractivity contribution in [3.05, 3.63) is 23.9 Å². The first kappa shape index (κ1) is 13.3. The molecule has 1 aliphatic rings. The average Bonchev–Trinajstić information content (AvgIpc) is 2.46. The van der Waals surface area contributed by atoms with Crippen molar-refractivity contribution in [2.24, 2.45) is 5.73 Å². The van der Waals surface area contributed by atoms with Crippen LogP contribution in [-0.4, -0.2) is 49.8 Å². The maximum Gasteiger partial charge on any atom is 0.336 e. The van der Waals surface area contributed by atoms with E-state index >= 15 is 0 Å². The Hall–Kier alpha value is -2.15. The summed E-state index contributed by atoms with van der Waals surface area (Å²) in [6.45, 7) is 1.17. The van der Waals surface area contributed by atoms with Gasteiger partial charge in [0.2, 0.25) is 0 Å². The number of amides is 1. The molecule has 0 radical (unpaired) electrons. The molecule has 102 valence electrons. The van der Waals surface area contributed by atoms with Gasteiger partial charge in [0.15, 0.2) is 6.10 Å². The van der Waals surface area contributed by atoms with Gasteiger partial charge in [-0.3, -0.25) is 4.79 Å². The van der Waals surface area contributed by atoms with Crippen LogP contribution in [0.4, 0.5) is 5.82 Å². The molecule has 0 bridgehead atoms. The number of rotatable bonds is 3. The summed E-state index contributed by atoms with van der Waals surface area (Å²) >= 11 is 0. The monoisotopic (exact) mass is 265 g/mol. The zero-order valence-electron chi connectivity index (χ0n) is 10.5. The summed E-state index contributed by atoms with van der Waals surface area (Å²) in [5.74, 6) is -0.530. The highest BCUT2D eigenvalue weighted by Crippen LogP contribution is 2.19. The molecule has 0 spiro atoms. The van der Waals surface area contributed by atoms with Gasteiger partial charge in [-0.15, -0.1) is 0 Å². The van der Waals surface area contributed by atoms with Crippen molar-refractivity contribution in [1.82, 2.24) is 4.98 Å². The van der Waals surface area contributed by atoms with Crippen LogP contribution in [0.25, 0.3) is 0 Å². The Morgan fingerprint density at radius 3 is 3.05 bits per heavy atom. The van der Waals surface area contributed by atoms with Crippen molar-refractivity contribution >= 4 is 17.7 Å². The third kappa shape index (κ3) is 2.82. The Morgan fingerprint density at radius 2 is 2.37 bits per heavy atom. The molecule has 0 aliphatic carbocycles. The number of aromatic nitrogens is 1. The molecule has 2 N–H and O–H groups in total. The molecule has 1 saturated heterocycles. The standard InChI is InChI=1S/C12H15N3O4/c1-18-12(17)9-7-15(5-6-19-9)11-8(10(13)16)3-2-4-14-11/h2-4,9H,5-7H2,1H3,(H2,13,16). The van der Waals surface area contributed by atoms with Gasteiger partial charge in [-0.1, -0.05) is 0 Å². The van der Waals surface area contributed by atoms with Crippen molar-refractivity contribution in [3.8, 4) is 0 Å². The van der Waals surface area contributed by atoms with Gasteiger partial charge in [0.05, 0.1) is 25.8 Å². The minimum atomic E-state index is -0.679. The first-order chi connectivity index (χ1) is 9.13. The van der Waals surface area contributed by atoms with E-state index in [1.54, 1.807) is 23.2 Å². The largest absolute Gasteiger partial charge is 0.467 e. The number of anilines is 1. The summed E-state index contributed by atoms with van der Waals surface area (Å²) in [6, 6.07) is 3.25. The van der Waals surface area contributed by atoms with E-state index < -0.39 is 18.0 Å². The number of morpholine rings is 1. The Balaban J connectivity index is 2.22. The lowest BCUT2D eigenvalue weighted by atomic mass is 10.2. The number of ether oxygens (including phenoxy) is 2. The van der Waals surface area contributed by atoms with E-state index in [0.717, 1.165) is 0 Å². The summed E-state index contributed by atoms with van der Waals surface area (Å²) in [5.41, 5.74) is 5.64. The maximum absolute atomic E-state index is 11.5. The quantitative estimate of drug-likeness (QED) is 0.744. The third-order valence-corrected chi connectivity index (χ3v) is 2.88. The highest BCUT2D eigenvalue weighted by atomic mass is 16.6. The summed E-state index contributed by atoms with van der Waals surface area (Å²) in [4.78, 5) is 28.8. The Labute approximate surface area is 110 Å². The molecular weight excluding hydrogens is 250 g/mol. The van der Waals surface area contributed by atoms with Crippen molar-refractivity contribution in [2.75, 3.05) is 31.7 Å². The number of pyridine rings is 1. The van der Waals surface area contributed by atoms with Crippen molar-refractivity contribution in [3.63, 3.8) is 0 Å². The van der Waals surface area contributed by atoms with Crippen LogP contribution >= 0.6 is 0 Å². The molecular formula is C12H15N3O4. The Bertz CT molecular complexity index is 492. The van der Waals surface area contributed by atoms with Gasteiger partial charge < -0.3 is 20.1 Å². The normalized spacial score (nSPS) is 19.0. The first-order valence-corrected chi connectivity index (χ1v) is 5.82. The second kappa shape index (κ2) is 5.66. The van der Waals surface area contributed by atoms with E-state index in [0.29, 0.717) is 24.5 Å². The molecule has 1 aliphatic heterocycles. The van der Waals surface area contributed by atoms with Crippen LogP contribution in [0.3, 0.4) is 0 Å². The number of methoxy groups -OCH3 is 1. The topological polar surface area (TPSA) is 94.8 Å². The smallest absolute Gasteiger partial charge is 0.336 e. The number of hydrogen-bond donors (Lipinski definition) is 1. The zero-order valence-corrected chi connectivity index (χ0v) is 10.5. The summed E-state index contributed by atoms with van der Waals surface area (Å²) in [7, 11) is 1.31. The van der Waals surface area contributed by atoms with Gasteiger partial charge in [-0.25, -0.2) is 9.78 Å². The molecule has 1 atom stereocenters. The molecule has 2 heterocycles. The fourth-order valence-corrected chi connectivity index (χ4v) is 1.96. The van der Waals surface area contributed by atoms with E-state index in [9.17, 15) is 9.59 Å². The number of hydrogen-bond acceptors (Lipinski definition) is 6. The van der Waals surface area contributed by atoms with Crippen LogP contribution in [0.15, 0.2) is 18.3 Å². The number of nitrogens with zero attached hydrogens (tertiary/aromatic N) is 2. The molecule has 1 aromatic rings. The van der Waals surface area contributed by atoms with Gasteiger partial charge in [0.1, 0.15) is 5.82 Å². The summed E-state index contributed by atoms with van der Waals surface area (Å²) < 4.78 is 9.97. The van der Waals surface area contributed by atoms with Crippen molar-refractivity contribution < 1.29 is 19.1 Å². The summed E-state index contributed by atoms with van der Waals surface area (Å²) in [6.07, 6.45) is 0.895. The number of carbonyl (C=O) groups is 2. The molecule has 7 heteroatoms. The van der Waals surface area contributed by atoms with Crippen LogP contribution < -0.4 is 10.6 Å². The molecule has 0 saturated carbocycles. The molecule has 1 amide bonds. The highest BCUT2D eigenvalue weighted by Gasteiger charge is 2.29. The molecule has 1 aromatic heterocycles. The van der Waals surface area contributed by atoms with E-state index in [1.807, 2.05) is 0 Å². The predicted molar refractivity (Wildman–Crippen MR) is 66.7 cm³/mol. The predicted octanol–water partition coefficient (Wildman–Crippen LogP) is -0.441. The first-order valence-electron chi connectivity index (χ1n) is 5.82. The van der Waals surface area contributed by atoms with Crippen molar-refractivity contribution in [2.45, 2.75) is 6.10 Å². The van der Waals surface area contributed by atoms with Crippen molar-refractivity contribution in [1.29, 1.82) is 0 Å². The lowest BCUT2D eigenvalue weighted by molar-refractivity contribution is -0.154. The lowest BCUT2D eigenvalue weighted by Gasteiger charge is -2.32. The van der Waals surface area contributed by atoms with Gasteiger partial charge in [-0.05, 0) is 12.1 Å². The molecule has 19 heavy (non-hydrogen) atoms. The van der Waals surface area contributed by atoms with Gasteiger partial charge >= 0.3 is 5.97 Å². The van der Waals surface area contributed by atoms with E-state index in [1.165, 1.54) is 7.11 Å². The second-order valence-electron chi connectivity index (χ2n) is 4.07. The van der Waals surface area contributed by atoms with E-state index in [2.05, 4.69) is 9.72 Å². The van der Waals surface area contributed by atoms with Crippen LogP contribution in [0.2, 0.25) is 0 Å². The molecule has 7 nitrogen and oxygen atoms in total. The summed E-state index contributed by atoms with van der Waals surface area (Å²) in [5, 5.41) is 0. The van der Waals surface area contributed by atoms with Gasteiger partial charge in [0.25, 0.3) is 5.91 Å². The SMILES string of the molecule is COC(=O)C1CN(c2ncccc2C(N)=O)CCO1. The fraction of sp³-hybridized carbons (Fsp3) is 0.417. The molecule has 2 rings (SSSR count). The number of esters is 1. The number of nitrogens with two attached hydrogens (primary N) is 1. The van der Waals surface area contributed by atoms with Crippen LogP contribution in [0, 0.1) is 0 Å². The fourth-order valence-electron chi connectivity index (χ4n) is 1.96. The Morgan fingerprint density at radius 1 is 1.58 bits per heavy atom. The molecule has 1 unspecified atom stereocenters. The minimum absolute atomic E-state index is 0.282. The maximum atomic E-state index is 11.5. The zero-order chi connectivity index (χ0) is 13.8. The Kier molecular flexibility index (Phi) is 3.96. The van der Waals surface area contributed by atoms with Gasteiger partial charge in [-0.2, -0.15) is 0 Å². The molecule has 0 aromatic carbocycles. The minimum Gasteiger partial charge on any atom is -0.467 e. The highest BCUT2D eigenvalue weighted by molar-refractivity contribution is 5.97. The van der Waals surface area contributed by atoms with Crippen LogP contribution in [-0.2, 0) is 14.3 Å². The van der Waals surface area contributed by atoms with E-state index in [4.69, 9.17) is 10.5 Å². The number of carbonyl (C=O) groups excluding carboxylic acids is 2. The molecule has 1 fully saturated rings. The van der Waals surface area contributed by atoms with Crippen LogP contribution in [0.5, 0.6) is 0 Å². The van der Waals surface area contributed by atoms with E-state index in [-0.39, 0.29) is 6.54 Å². The number of primary amides is 1. The van der Waals surface area contributed by atoms with Crippen LogP contribution in [0.1, 0.15) is 10.4 Å². The third-order valence-electron chi connectivity index (χ3n) is 2.88. The van der Waals surface area contributed by atoms with Gasteiger partial charge in [0, 0.05) is 12.7 Å². The lowest BCUT2D eigenvalue weighted by Crippen LogP contribution is -2.47.